The molecule has 1 amide bonds. The lowest BCUT2D eigenvalue weighted by atomic mass is 10.3. The highest BCUT2D eigenvalue weighted by Gasteiger charge is 2.15. The van der Waals surface area contributed by atoms with Gasteiger partial charge in [0.2, 0.25) is 17.1 Å². The molecule has 0 saturated carbocycles. The molecular formula is C12H16ClN7O. The van der Waals surface area contributed by atoms with Crippen molar-refractivity contribution in [1.29, 1.82) is 0 Å². The van der Waals surface area contributed by atoms with Gasteiger partial charge < -0.3 is 10.6 Å². The molecule has 8 nitrogen and oxygen atoms in total. The van der Waals surface area contributed by atoms with Gasteiger partial charge in [-0.15, -0.1) is 0 Å². The number of hydrogen-bond donors (Lipinski definition) is 1. The molecule has 0 radical (unpaired) electrons. The van der Waals surface area contributed by atoms with E-state index in [1.807, 2.05) is 0 Å². The molecule has 0 atom stereocenters. The quantitative estimate of drug-likeness (QED) is 0.811. The van der Waals surface area contributed by atoms with E-state index in [2.05, 4.69) is 27.0 Å². The molecule has 0 aromatic carbocycles. The highest BCUT2D eigenvalue weighted by molar-refractivity contribution is 6.28. The first kappa shape index (κ1) is 15.2. The van der Waals surface area contributed by atoms with E-state index in [1.165, 1.54) is 4.68 Å². The van der Waals surface area contributed by atoms with Crippen LogP contribution in [-0.2, 0) is 4.79 Å². The van der Waals surface area contributed by atoms with E-state index in [-0.39, 0.29) is 11.8 Å². The van der Waals surface area contributed by atoms with Crippen molar-refractivity contribution in [3.05, 3.63) is 23.7 Å². The SMILES string of the molecule is CCCCN(CC(N)=O)c1nc(Cl)nc(-n2cccn2)n1. The number of nitrogens with two attached hydrogens (primary N) is 1. The van der Waals surface area contributed by atoms with Crippen molar-refractivity contribution in [2.24, 2.45) is 5.73 Å². The molecular weight excluding hydrogens is 294 g/mol. The zero-order valence-corrected chi connectivity index (χ0v) is 12.4. The predicted octanol–water partition coefficient (Wildman–Crippen LogP) is 0.802. The Bertz CT molecular complexity index is 602. The van der Waals surface area contributed by atoms with Gasteiger partial charge in [0, 0.05) is 18.9 Å². The van der Waals surface area contributed by atoms with Crippen molar-refractivity contribution in [2.75, 3.05) is 18.0 Å². The monoisotopic (exact) mass is 309 g/mol. The van der Waals surface area contributed by atoms with Crippen LogP contribution in [0.25, 0.3) is 5.95 Å². The third kappa shape index (κ3) is 4.12. The Kier molecular flexibility index (Phi) is 5.04. The average Bonchev–Trinajstić information content (AvgIpc) is 2.96. The number of anilines is 1. The molecule has 2 N–H and O–H groups in total. The molecule has 9 heteroatoms. The third-order valence-corrected chi connectivity index (χ3v) is 2.87. The van der Waals surface area contributed by atoms with Crippen LogP contribution in [0.3, 0.4) is 0 Å². The number of hydrogen-bond acceptors (Lipinski definition) is 6. The number of rotatable bonds is 7. The molecule has 2 aromatic heterocycles. The maximum atomic E-state index is 11.2. The summed E-state index contributed by atoms with van der Waals surface area (Å²) in [5.74, 6) is 0.150. The van der Waals surface area contributed by atoms with E-state index in [0.717, 1.165) is 12.8 Å². The van der Waals surface area contributed by atoms with Gasteiger partial charge in [0.05, 0.1) is 6.54 Å². The van der Waals surface area contributed by atoms with Crippen LogP contribution in [0.5, 0.6) is 0 Å². The highest BCUT2D eigenvalue weighted by Crippen LogP contribution is 2.13. The van der Waals surface area contributed by atoms with E-state index in [1.54, 1.807) is 23.4 Å². The molecule has 0 saturated heterocycles. The summed E-state index contributed by atoms with van der Waals surface area (Å²) in [4.78, 5) is 25.3. The largest absolute Gasteiger partial charge is 0.368 e. The number of carbonyl (C=O) groups is 1. The second-order valence-electron chi connectivity index (χ2n) is 4.40. The molecule has 21 heavy (non-hydrogen) atoms. The predicted molar refractivity (Wildman–Crippen MR) is 78.3 cm³/mol. The maximum Gasteiger partial charge on any atom is 0.256 e. The van der Waals surface area contributed by atoms with Gasteiger partial charge in [0.25, 0.3) is 5.95 Å². The van der Waals surface area contributed by atoms with Crippen LogP contribution < -0.4 is 10.6 Å². The molecule has 112 valence electrons. The number of primary amides is 1. The summed E-state index contributed by atoms with van der Waals surface area (Å²) in [5.41, 5.74) is 5.27. The van der Waals surface area contributed by atoms with E-state index in [4.69, 9.17) is 17.3 Å². The number of amides is 1. The zero-order chi connectivity index (χ0) is 15.2. The summed E-state index contributed by atoms with van der Waals surface area (Å²) in [6.45, 7) is 2.69. The summed E-state index contributed by atoms with van der Waals surface area (Å²) in [6.07, 6.45) is 5.16. The second kappa shape index (κ2) is 6.98. The second-order valence-corrected chi connectivity index (χ2v) is 4.73. The zero-order valence-electron chi connectivity index (χ0n) is 11.6. The standard InChI is InChI=1S/C12H16ClN7O/c1-2-3-6-19(8-9(14)21)11-16-10(13)17-12(18-11)20-7-4-5-15-20/h4-5,7H,2-3,6,8H2,1H3,(H2,14,21). The first-order valence-corrected chi connectivity index (χ1v) is 6.92. The van der Waals surface area contributed by atoms with Crippen LogP contribution in [-0.4, -0.2) is 43.7 Å². The fourth-order valence-corrected chi connectivity index (χ4v) is 1.90. The molecule has 2 heterocycles. The van der Waals surface area contributed by atoms with Crippen molar-refractivity contribution in [3.63, 3.8) is 0 Å². The molecule has 0 unspecified atom stereocenters. The van der Waals surface area contributed by atoms with Crippen molar-refractivity contribution in [1.82, 2.24) is 24.7 Å². The molecule has 0 bridgehead atoms. The Hall–Kier alpha value is -2.22. The van der Waals surface area contributed by atoms with E-state index in [0.29, 0.717) is 18.4 Å². The Labute approximate surface area is 127 Å². The van der Waals surface area contributed by atoms with Crippen LogP contribution in [0.2, 0.25) is 5.28 Å². The molecule has 0 fully saturated rings. The van der Waals surface area contributed by atoms with Gasteiger partial charge in [-0.25, -0.2) is 4.68 Å². The normalized spacial score (nSPS) is 10.6. The summed E-state index contributed by atoms with van der Waals surface area (Å²) in [6, 6.07) is 1.75. The van der Waals surface area contributed by atoms with Crippen molar-refractivity contribution in [3.8, 4) is 5.95 Å². The van der Waals surface area contributed by atoms with Crippen molar-refractivity contribution < 1.29 is 4.79 Å². The van der Waals surface area contributed by atoms with E-state index < -0.39 is 5.91 Å². The lowest BCUT2D eigenvalue weighted by Gasteiger charge is -2.20. The van der Waals surface area contributed by atoms with Crippen LogP contribution >= 0.6 is 11.6 Å². The molecule has 0 aliphatic carbocycles. The molecule has 2 aromatic rings. The Morgan fingerprint density at radius 3 is 2.86 bits per heavy atom. The molecule has 2 rings (SSSR count). The van der Waals surface area contributed by atoms with Gasteiger partial charge >= 0.3 is 0 Å². The fraction of sp³-hybridized carbons (Fsp3) is 0.417. The van der Waals surface area contributed by atoms with Crippen LogP contribution in [0.1, 0.15) is 19.8 Å². The fourth-order valence-electron chi connectivity index (χ4n) is 1.75. The molecule has 0 aliphatic rings. The number of unbranched alkanes of at least 4 members (excludes halogenated alkanes) is 1. The number of aromatic nitrogens is 5. The van der Waals surface area contributed by atoms with E-state index >= 15 is 0 Å². The van der Waals surface area contributed by atoms with E-state index in [9.17, 15) is 4.79 Å². The number of carbonyl (C=O) groups excluding carboxylic acids is 1. The first-order valence-electron chi connectivity index (χ1n) is 6.55. The van der Waals surface area contributed by atoms with Gasteiger partial charge in [-0.2, -0.15) is 20.1 Å². The minimum atomic E-state index is -0.455. The third-order valence-electron chi connectivity index (χ3n) is 2.70. The van der Waals surface area contributed by atoms with Gasteiger partial charge in [-0.05, 0) is 24.1 Å². The minimum absolute atomic E-state index is 0.0267. The van der Waals surface area contributed by atoms with Crippen molar-refractivity contribution in [2.45, 2.75) is 19.8 Å². The minimum Gasteiger partial charge on any atom is -0.368 e. The van der Waals surface area contributed by atoms with Gasteiger partial charge in [-0.3, -0.25) is 4.79 Å². The lowest BCUT2D eigenvalue weighted by molar-refractivity contribution is -0.116. The van der Waals surface area contributed by atoms with Gasteiger partial charge in [-0.1, -0.05) is 13.3 Å². The van der Waals surface area contributed by atoms with Crippen LogP contribution in [0.4, 0.5) is 5.95 Å². The number of nitrogens with zero attached hydrogens (tertiary/aromatic N) is 6. The number of halogens is 1. The summed E-state index contributed by atoms with van der Waals surface area (Å²) < 4.78 is 1.47. The first-order chi connectivity index (χ1) is 10.1. The average molecular weight is 310 g/mol. The topological polar surface area (TPSA) is 103 Å². The summed E-state index contributed by atoms with van der Waals surface area (Å²) >= 11 is 5.94. The van der Waals surface area contributed by atoms with Crippen molar-refractivity contribution >= 4 is 23.5 Å². The van der Waals surface area contributed by atoms with Gasteiger partial charge in [0.15, 0.2) is 0 Å². The molecule has 0 spiro atoms. The van der Waals surface area contributed by atoms with Gasteiger partial charge in [0.1, 0.15) is 0 Å². The molecule has 0 aliphatic heterocycles. The Balaban J connectivity index is 2.33. The summed E-state index contributed by atoms with van der Waals surface area (Å²) in [5, 5.41) is 4.08. The smallest absolute Gasteiger partial charge is 0.256 e. The lowest BCUT2D eigenvalue weighted by Crippen LogP contribution is -2.36. The maximum absolute atomic E-state index is 11.2. The van der Waals surface area contributed by atoms with Crippen LogP contribution in [0, 0.1) is 0 Å². The van der Waals surface area contributed by atoms with Crippen LogP contribution in [0.15, 0.2) is 18.5 Å². The highest BCUT2D eigenvalue weighted by atomic mass is 35.5. The summed E-state index contributed by atoms with van der Waals surface area (Å²) in [7, 11) is 0. The Morgan fingerprint density at radius 2 is 2.24 bits per heavy atom. The Morgan fingerprint density at radius 1 is 1.43 bits per heavy atom.